The molecule has 0 aliphatic rings. The maximum Gasteiger partial charge on any atom is 0.324 e. The number of nitrogens with zero attached hydrogens (tertiary/aromatic N) is 1. The van der Waals surface area contributed by atoms with Crippen molar-refractivity contribution in [2.24, 2.45) is 10.9 Å². The van der Waals surface area contributed by atoms with Crippen molar-refractivity contribution in [2.45, 2.75) is 6.92 Å². The minimum absolute atomic E-state index is 0.457. The van der Waals surface area contributed by atoms with E-state index < -0.39 is 5.97 Å². The van der Waals surface area contributed by atoms with Crippen LogP contribution in [-0.4, -0.2) is 12.3 Å². The molecule has 0 saturated heterocycles. The van der Waals surface area contributed by atoms with Gasteiger partial charge in [-0.1, -0.05) is 5.59 Å². The maximum atomic E-state index is 10.1. The molecule has 7 heteroatoms. The molecule has 0 heterocycles. The van der Waals surface area contributed by atoms with E-state index >= 15 is 0 Å². The first-order chi connectivity index (χ1) is 4.77. The van der Waals surface area contributed by atoms with Crippen molar-refractivity contribution in [1.82, 2.24) is 16.5 Å². The van der Waals surface area contributed by atoms with Crippen LogP contribution in [0.3, 0.4) is 0 Å². The molecular weight excluding hydrogens is 138 g/mol. The van der Waals surface area contributed by atoms with Gasteiger partial charge in [0.1, 0.15) is 6.34 Å². The van der Waals surface area contributed by atoms with E-state index in [1.807, 2.05) is 5.53 Å². The summed E-state index contributed by atoms with van der Waals surface area (Å²) in [5.41, 5.74) is 6.35. The van der Waals surface area contributed by atoms with E-state index in [1.165, 1.54) is 13.3 Å². The van der Waals surface area contributed by atoms with Crippen LogP contribution < -0.4 is 22.4 Å². The highest BCUT2D eigenvalue weighted by Gasteiger charge is 1.85. The van der Waals surface area contributed by atoms with E-state index in [-0.39, 0.29) is 0 Å². The zero-order chi connectivity index (χ0) is 7.82. The molecular formula is C3H9N5O2. The molecule has 0 aliphatic carbocycles. The summed E-state index contributed by atoms with van der Waals surface area (Å²) in [6.45, 7) is 1.26. The zero-order valence-electron chi connectivity index (χ0n) is 5.42. The lowest BCUT2D eigenvalue weighted by Crippen LogP contribution is -2.33. The highest BCUT2D eigenvalue weighted by atomic mass is 16.7. The molecule has 0 fully saturated rings. The van der Waals surface area contributed by atoms with Crippen molar-refractivity contribution in [2.75, 3.05) is 0 Å². The van der Waals surface area contributed by atoms with Crippen LogP contribution in [0.4, 0.5) is 0 Å². The lowest BCUT2D eigenvalue weighted by atomic mass is 10.8. The summed E-state index contributed by atoms with van der Waals surface area (Å²) in [7, 11) is 0. The second-order valence-corrected chi connectivity index (χ2v) is 1.23. The molecule has 5 N–H and O–H groups in total. The first-order valence-electron chi connectivity index (χ1n) is 2.42. The van der Waals surface area contributed by atoms with Gasteiger partial charge in [0.15, 0.2) is 0 Å². The Bertz CT molecular complexity index is 124. The van der Waals surface area contributed by atoms with Crippen LogP contribution in [-0.2, 0) is 9.63 Å². The van der Waals surface area contributed by atoms with Gasteiger partial charge >= 0.3 is 5.97 Å². The van der Waals surface area contributed by atoms with Gasteiger partial charge in [0.25, 0.3) is 0 Å². The quantitative estimate of drug-likeness (QED) is 0.120. The molecule has 0 radical (unpaired) electrons. The fourth-order valence-electron chi connectivity index (χ4n) is 0.197. The average molecular weight is 147 g/mol. The smallest absolute Gasteiger partial charge is 0.324 e. The zero-order valence-corrected chi connectivity index (χ0v) is 5.42. The minimum Gasteiger partial charge on any atom is -0.351 e. The molecule has 0 amide bonds. The molecule has 7 nitrogen and oxygen atoms in total. The highest BCUT2D eigenvalue weighted by molar-refractivity contribution is 5.65. The monoisotopic (exact) mass is 147 g/mol. The number of carbonyl (C=O) groups excluding carboxylic acids is 1. The van der Waals surface area contributed by atoms with Crippen molar-refractivity contribution in [3.05, 3.63) is 0 Å². The molecule has 0 bridgehead atoms. The van der Waals surface area contributed by atoms with Gasteiger partial charge in [-0.15, -0.1) is 0 Å². The number of hydrazine groups is 2. The van der Waals surface area contributed by atoms with Gasteiger partial charge < -0.3 is 4.84 Å². The molecule has 0 atom stereocenters. The van der Waals surface area contributed by atoms with Crippen LogP contribution in [0.5, 0.6) is 0 Å². The lowest BCUT2D eigenvalue weighted by Gasteiger charge is -1.99. The van der Waals surface area contributed by atoms with Crippen LogP contribution >= 0.6 is 0 Å². The Morgan fingerprint density at radius 2 is 2.50 bits per heavy atom. The van der Waals surface area contributed by atoms with E-state index in [9.17, 15) is 4.79 Å². The maximum absolute atomic E-state index is 10.1. The lowest BCUT2D eigenvalue weighted by molar-refractivity contribution is -0.149. The van der Waals surface area contributed by atoms with Crippen LogP contribution in [0, 0.1) is 0 Å². The van der Waals surface area contributed by atoms with Crippen LogP contribution in [0.1, 0.15) is 6.92 Å². The molecule has 0 aliphatic heterocycles. The number of carbonyl (C=O) groups is 1. The average Bonchev–Trinajstić information content (AvgIpc) is 1.87. The predicted molar refractivity (Wildman–Crippen MR) is 33.9 cm³/mol. The van der Waals surface area contributed by atoms with Crippen LogP contribution in [0.25, 0.3) is 0 Å². The van der Waals surface area contributed by atoms with Gasteiger partial charge in [0.05, 0.1) is 0 Å². The Morgan fingerprint density at radius 3 is 3.00 bits per heavy atom. The van der Waals surface area contributed by atoms with Gasteiger partial charge in [-0.3, -0.25) is 10.2 Å². The fourth-order valence-corrected chi connectivity index (χ4v) is 0.197. The van der Waals surface area contributed by atoms with Gasteiger partial charge in [0.2, 0.25) is 0 Å². The van der Waals surface area contributed by atoms with Gasteiger partial charge in [0, 0.05) is 6.92 Å². The standard InChI is InChI=1S/C3H9N5O2/c1-3(9)10-8-6-2-5-7-4/h2,7-8H,4H2,1H3,(H,5,6). The summed E-state index contributed by atoms with van der Waals surface area (Å²) < 4.78 is 0. The summed E-state index contributed by atoms with van der Waals surface area (Å²) in [5, 5.41) is 3.31. The van der Waals surface area contributed by atoms with Gasteiger partial charge in [-0.05, 0) is 0 Å². The highest BCUT2D eigenvalue weighted by Crippen LogP contribution is 1.61. The minimum atomic E-state index is -0.457. The van der Waals surface area contributed by atoms with Crippen molar-refractivity contribution >= 4 is 12.3 Å². The van der Waals surface area contributed by atoms with Crippen molar-refractivity contribution < 1.29 is 9.63 Å². The summed E-state index contributed by atoms with van der Waals surface area (Å²) >= 11 is 0. The SMILES string of the molecule is CC(=O)ONNC=NNN. The summed E-state index contributed by atoms with van der Waals surface area (Å²) in [6.07, 6.45) is 1.17. The number of nitrogens with one attached hydrogen (secondary N) is 3. The predicted octanol–water partition coefficient (Wildman–Crippen LogP) is -2.03. The van der Waals surface area contributed by atoms with E-state index in [0.29, 0.717) is 0 Å². The molecule has 0 unspecified atom stereocenters. The first kappa shape index (κ1) is 8.66. The van der Waals surface area contributed by atoms with E-state index in [0.717, 1.165) is 0 Å². The number of rotatable bonds is 4. The van der Waals surface area contributed by atoms with Crippen LogP contribution in [0.15, 0.2) is 5.10 Å². The Kier molecular flexibility index (Phi) is 5.01. The molecule has 58 valence electrons. The number of nitrogens with two attached hydrogens (primary N) is 1. The summed E-state index contributed by atoms with van der Waals surface area (Å²) in [5.74, 6) is 4.29. The van der Waals surface area contributed by atoms with Crippen molar-refractivity contribution in [3.63, 3.8) is 0 Å². The molecule has 0 aromatic carbocycles. The van der Waals surface area contributed by atoms with Crippen molar-refractivity contribution in [1.29, 1.82) is 0 Å². The number of hydrogen-bond donors (Lipinski definition) is 4. The molecule has 0 aromatic heterocycles. The molecule has 0 saturated carbocycles. The largest absolute Gasteiger partial charge is 0.351 e. The fraction of sp³-hybridized carbons (Fsp3) is 0.333. The first-order valence-corrected chi connectivity index (χ1v) is 2.42. The third-order valence-electron chi connectivity index (χ3n) is 0.457. The Labute approximate surface area is 57.5 Å². The number of hydrazone groups is 1. The van der Waals surface area contributed by atoms with Gasteiger partial charge in [-0.2, -0.15) is 5.10 Å². The number of hydrogen-bond acceptors (Lipinski definition) is 6. The Balaban J connectivity index is 3.05. The van der Waals surface area contributed by atoms with E-state index in [2.05, 4.69) is 21.0 Å². The molecule has 0 rings (SSSR count). The Morgan fingerprint density at radius 1 is 1.80 bits per heavy atom. The van der Waals surface area contributed by atoms with Crippen molar-refractivity contribution in [3.8, 4) is 0 Å². The second-order valence-electron chi connectivity index (χ2n) is 1.23. The topological polar surface area (TPSA) is 101 Å². The Hall–Kier alpha value is -1.34. The summed E-state index contributed by atoms with van der Waals surface area (Å²) in [4.78, 5) is 14.3. The third kappa shape index (κ3) is 6.66. The second kappa shape index (κ2) is 5.79. The van der Waals surface area contributed by atoms with E-state index in [4.69, 9.17) is 5.84 Å². The van der Waals surface area contributed by atoms with E-state index in [1.54, 1.807) is 0 Å². The summed E-state index contributed by atoms with van der Waals surface area (Å²) in [6, 6.07) is 0. The van der Waals surface area contributed by atoms with Crippen LogP contribution in [0.2, 0.25) is 0 Å². The molecule has 0 aromatic rings. The van der Waals surface area contributed by atoms with Gasteiger partial charge in [-0.25, -0.2) is 11.4 Å². The molecule has 10 heavy (non-hydrogen) atoms. The normalized spacial score (nSPS) is 9.40. The molecule has 0 spiro atoms. The third-order valence-corrected chi connectivity index (χ3v) is 0.457.